The van der Waals surface area contributed by atoms with Gasteiger partial charge in [0.1, 0.15) is 5.75 Å². The van der Waals surface area contributed by atoms with Crippen LogP contribution in [0.1, 0.15) is 11.1 Å². The number of nitrogens with one attached hydrogen (secondary N) is 1. The van der Waals surface area contributed by atoms with Crippen LogP contribution in [0.15, 0.2) is 28.2 Å². The lowest BCUT2D eigenvalue weighted by atomic mass is 10.1. The fraction of sp³-hybridized carbons (Fsp3) is 0.385. The number of thioether (sulfide) groups is 1. The maximum Gasteiger partial charge on any atom is 0.343 e. The van der Waals surface area contributed by atoms with Crippen molar-refractivity contribution < 1.29 is 4.74 Å². The van der Waals surface area contributed by atoms with E-state index in [1.807, 2.05) is 19.9 Å². The number of aryl methyl sites for hydroxylation is 2. The normalized spacial score (nSPS) is 10.7. The number of hydrogen-bond acceptors (Lipinski definition) is 4. The van der Waals surface area contributed by atoms with Crippen molar-refractivity contribution in [1.82, 2.24) is 14.8 Å². The van der Waals surface area contributed by atoms with Crippen LogP contribution in [0.4, 0.5) is 0 Å². The topological polar surface area (TPSA) is 59.9 Å². The van der Waals surface area contributed by atoms with Gasteiger partial charge in [0.2, 0.25) is 0 Å². The Bertz CT molecular complexity index is 619. The van der Waals surface area contributed by atoms with E-state index in [0.717, 1.165) is 17.1 Å². The third-order valence-electron chi connectivity index (χ3n) is 2.75. The van der Waals surface area contributed by atoms with Gasteiger partial charge in [0.25, 0.3) is 0 Å². The Kier molecular flexibility index (Phi) is 4.31. The average Bonchev–Trinajstić information content (AvgIpc) is 2.70. The van der Waals surface area contributed by atoms with Gasteiger partial charge in [-0.05, 0) is 31.0 Å². The van der Waals surface area contributed by atoms with E-state index in [9.17, 15) is 4.79 Å². The Morgan fingerprint density at radius 3 is 2.89 bits per heavy atom. The molecule has 0 unspecified atom stereocenters. The third kappa shape index (κ3) is 3.41. The lowest BCUT2D eigenvalue weighted by Crippen LogP contribution is -2.13. The number of aromatic amines is 1. The molecule has 0 aliphatic heterocycles. The molecular formula is C13H17N3O2S. The van der Waals surface area contributed by atoms with Gasteiger partial charge in [-0.1, -0.05) is 23.9 Å². The second-order valence-electron chi connectivity index (χ2n) is 4.34. The summed E-state index contributed by atoms with van der Waals surface area (Å²) < 4.78 is 7.23. The number of benzene rings is 1. The van der Waals surface area contributed by atoms with Crippen LogP contribution in [0.3, 0.4) is 0 Å². The van der Waals surface area contributed by atoms with Crippen LogP contribution in [-0.4, -0.2) is 27.1 Å². The van der Waals surface area contributed by atoms with Gasteiger partial charge in [-0.2, -0.15) is 0 Å². The highest BCUT2D eigenvalue weighted by molar-refractivity contribution is 7.99. The Morgan fingerprint density at radius 2 is 2.21 bits per heavy atom. The third-order valence-corrected chi connectivity index (χ3v) is 3.75. The fourth-order valence-electron chi connectivity index (χ4n) is 1.61. The van der Waals surface area contributed by atoms with Gasteiger partial charge in [-0.3, -0.25) is 4.57 Å². The first-order valence-corrected chi connectivity index (χ1v) is 7.00. The molecule has 1 heterocycles. The first-order chi connectivity index (χ1) is 9.08. The molecule has 102 valence electrons. The number of H-pyrrole nitrogens is 1. The SMILES string of the molecule is Cc1ccc(C)c(OCCSc2n[nH]c(=O)n2C)c1. The van der Waals surface area contributed by atoms with Crippen molar-refractivity contribution in [3.8, 4) is 5.75 Å². The van der Waals surface area contributed by atoms with Crippen LogP contribution in [-0.2, 0) is 7.05 Å². The van der Waals surface area contributed by atoms with Crippen LogP contribution in [0, 0.1) is 13.8 Å². The molecule has 0 atom stereocenters. The van der Waals surface area contributed by atoms with E-state index < -0.39 is 0 Å². The van der Waals surface area contributed by atoms with Crippen molar-refractivity contribution >= 4 is 11.8 Å². The maximum absolute atomic E-state index is 11.2. The molecule has 19 heavy (non-hydrogen) atoms. The zero-order valence-corrected chi connectivity index (χ0v) is 12.1. The summed E-state index contributed by atoms with van der Waals surface area (Å²) in [7, 11) is 1.69. The minimum Gasteiger partial charge on any atom is -0.492 e. The zero-order chi connectivity index (χ0) is 13.8. The summed E-state index contributed by atoms with van der Waals surface area (Å²) in [5, 5.41) is 7.01. The summed E-state index contributed by atoms with van der Waals surface area (Å²) in [6.45, 7) is 4.65. The molecule has 1 aromatic heterocycles. The molecule has 0 aliphatic carbocycles. The van der Waals surface area contributed by atoms with E-state index in [4.69, 9.17) is 4.74 Å². The van der Waals surface area contributed by atoms with Gasteiger partial charge in [0.05, 0.1) is 6.61 Å². The van der Waals surface area contributed by atoms with E-state index in [0.29, 0.717) is 11.8 Å². The van der Waals surface area contributed by atoms with Gasteiger partial charge in [-0.25, -0.2) is 9.89 Å². The molecule has 2 rings (SSSR count). The number of ether oxygens (including phenoxy) is 1. The van der Waals surface area contributed by atoms with E-state index in [-0.39, 0.29) is 5.69 Å². The Labute approximate surface area is 116 Å². The molecule has 0 fully saturated rings. The Balaban J connectivity index is 1.85. The molecule has 2 aromatic rings. The molecule has 0 amide bonds. The van der Waals surface area contributed by atoms with Crippen molar-refractivity contribution in [2.45, 2.75) is 19.0 Å². The maximum atomic E-state index is 11.2. The lowest BCUT2D eigenvalue weighted by Gasteiger charge is -2.09. The molecule has 1 aromatic carbocycles. The summed E-state index contributed by atoms with van der Waals surface area (Å²) in [6, 6.07) is 6.15. The standard InChI is InChI=1S/C13H17N3O2S/c1-9-4-5-10(2)11(8-9)18-6-7-19-13-15-14-12(17)16(13)3/h4-5,8H,6-7H2,1-3H3,(H,14,17). The van der Waals surface area contributed by atoms with Crippen LogP contribution in [0.25, 0.3) is 0 Å². The monoisotopic (exact) mass is 279 g/mol. The van der Waals surface area contributed by atoms with Gasteiger partial charge in [0.15, 0.2) is 5.16 Å². The van der Waals surface area contributed by atoms with Crippen molar-refractivity contribution in [1.29, 1.82) is 0 Å². The molecule has 0 spiro atoms. The van der Waals surface area contributed by atoms with Crippen LogP contribution in [0.5, 0.6) is 5.75 Å². The molecule has 0 saturated heterocycles. The predicted molar refractivity (Wildman–Crippen MR) is 76.0 cm³/mol. The minimum absolute atomic E-state index is 0.196. The summed E-state index contributed by atoms with van der Waals surface area (Å²) in [6.07, 6.45) is 0. The summed E-state index contributed by atoms with van der Waals surface area (Å²) >= 11 is 1.49. The molecule has 0 bridgehead atoms. The highest BCUT2D eigenvalue weighted by Gasteiger charge is 2.05. The first-order valence-electron chi connectivity index (χ1n) is 6.02. The van der Waals surface area contributed by atoms with Crippen LogP contribution in [0.2, 0.25) is 0 Å². The summed E-state index contributed by atoms with van der Waals surface area (Å²) in [5.74, 6) is 1.66. The Morgan fingerprint density at radius 1 is 1.42 bits per heavy atom. The highest BCUT2D eigenvalue weighted by atomic mass is 32.2. The van der Waals surface area contributed by atoms with Gasteiger partial charge < -0.3 is 4.74 Å². The van der Waals surface area contributed by atoms with E-state index >= 15 is 0 Å². The smallest absolute Gasteiger partial charge is 0.343 e. The van der Waals surface area contributed by atoms with E-state index in [1.54, 1.807) is 7.05 Å². The molecule has 1 N–H and O–H groups in total. The molecule has 6 heteroatoms. The predicted octanol–water partition coefficient (Wildman–Crippen LogP) is 1.90. The number of aromatic nitrogens is 3. The van der Waals surface area contributed by atoms with Crippen molar-refractivity contribution in [2.24, 2.45) is 7.05 Å². The highest BCUT2D eigenvalue weighted by Crippen LogP contribution is 2.20. The minimum atomic E-state index is -0.196. The van der Waals surface area contributed by atoms with Crippen molar-refractivity contribution in [2.75, 3.05) is 12.4 Å². The van der Waals surface area contributed by atoms with Gasteiger partial charge in [-0.15, -0.1) is 5.10 Å². The van der Waals surface area contributed by atoms with E-state index in [2.05, 4.69) is 22.3 Å². The average molecular weight is 279 g/mol. The Hall–Kier alpha value is -1.69. The second-order valence-corrected chi connectivity index (χ2v) is 5.40. The number of hydrogen-bond donors (Lipinski definition) is 1. The zero-order valence-electron chi connectivity index (χ0n) is 11.3. The summed E-state index contributed by atoms with van der Waals surface area (Å²) in [4.78, 5) is 11.2. The van der Waals surface area contributed by atoms with Crippen LogP contribution < -0.4 is 10.4 Å². The van der Waals surface area contributed by atoms with Gasteiger partial charge >= 0.3 is 5.69 Å². The summed E-state index contributed by atoms with van der Waals surface area (Å²) in [5.41, 5.74) is 2.11. The lowest BCUT2D eigenvalue weighted by molar-refractivity contribution is 0.341. The van der Waals surface area contributed by atoms with Crippen LogP contribution >= 0.6 is 11.8 Å². The molecule has 0 aliphatic rings. The van der Waals surface area contributed by atoms with Crippen molar-refractivity contribution in [3.05, 3.63) is 39.8 Å². The largest absolute Gasteiger partial charge is 0.492 e. The first kappa shape index (κ1) is 13.7. The number of nitrogens with zero attached hydrogens (tertiary/aromatic N) is 2. The molecular weight excluding hydrogens is 262 g/mol. The molecule has 5 nitrogen and oxygen atoms in total. The fourth-order valence-corrected chi connectivity index (χ4v) is 2.34. The molecule has 0 radical (unpaired) electrons. The van der Waals surface area contributed by atoms with Gasteiger partial charge in [0, 0.05) is 12.8 Å². The second kappa shape index (κ2) is 5.97. The van der Waals surface area contributed by atoms with Crippen molar-refractivity contribution in [3.63, 3.8) is 0 Å². The van der Waals surface area contributed by atoms with E-state index in [1.165, 1.54) is 21.9 Å². The quantitative estimate of drug-likeness (QED) is 0.671. The number of rotatable bonds is 5. The molecule has 0 saturated carbocycles.